The van der Waals surface area contributed by atoms with Crippen LogP contribution < -0.4 is 4.74 Å². The second-order valence-electron chi connectivity index (χ2n) is 6.42. The predicted molar refractivity (Wildman–Crippen MR) is 109 cm³/mol. The molecule has 0 saturated carbocycles. The molecule has 4 nitrogen and oxygen atoms in total. The number of hydrogen-bond donors (Lipinski definition) is 1. The minimum atomic E-state index is 0.811. The van der Waals surface area contributed by atoms with Crippen LogP contribution in [-0.2, 0) is 0 Å². The molecular formula is C23H17N3O. The van der Waals surface area contributed by atoms with Crippen LogP contribution in [0.1, 0.15) is 0 Å². The van der Waals surface area contributed by atoms with Crippen molar-refractivity contribution in [2.45, 2.75) is 0 Å². The molecule has 0 fully saturated rings. The molecule has 5 rings (SSSR count). The van der Waals surface area contributed by atoms with Crippen molar-refractivity contribution in [3.05, 3.63) is 79.1 Å². The number of methoxy groups -OCH3 is 1. The number of fused-ring (bicyclic) bond motifs is 3. The van der Waals surface area contributed by atoms with Crippen LogP contribution >= 0.6 is 0 Å². The summed E-state index contributed by atoms with van der Waals surface area (Å²) in [4.78, 5) is 12.5. The number of para-hydroxylation sites is 2. The number of benzene rings is 3. The molecule has 0 saturated heterocycles. The maximum Gasteiger partial charge on any atom is 0.119 e. The van der Waals surface area contributed by atoms with E-state index in [0.29, 0.717) is 0 Å². The van der Waals surface area contributed by atoms with Crippen LogP contribution in [0.4, 0.5) is 0 Å². The summed E-state index contributed by atoms with van der Waals surface area (Å²) in [6, 6.07) is 24.6. The standard InChI is InChI=1S/C23H17N3O/c1-27-16-7-4-6-15(12-16)21-13-22(25-14-24-21)19-10-5-9-18-17-8-2-3-11-20(17)26-23(18)19/h2-14,26H,1H3. The van der Waals surface area contributed by atoms with E-state index in [0.717, 1.165) is 39.3 Å². The van der Waals surface area contributed by atoms with E-state index in [4.69, 9.17) is 4.74 Å². The summed E-state index contributed by atoms with van der Waals surface area (Å²) in [5.74, 6) is 0.811. The lowest BCUT2D eigenvalue weighted by Gasteiger charge is -2.07. The molecule has 0 aliphatic heterocycles. The average molecular weight is 351 g/mol. The Morgan fingerprint density at radius 3 is 2.52 bits per heavy atom. The summed E-state index contributed by atoms with van der Waals surface area (Å²) in [6.07, 6.45) is 1.62. The quantitative estimate of drug-likeness (QED) is 0.470. The normalized spacial score (nSPS) is 11.1. The zero-order valence-corrected chi connectivity index (χ0v) is 14.8. The highest BCUT2D eigenvalue weighted by atomic mass is 16.5. The lowest BCUT2D eigenvalue weighted by Crippen LogP contribution is -1.91. The molecule has 4 heteroatoms. The molecule has 1 N–H and O–H groups in total. The third-order valence-electron chi connectivity index (χ3n) is 4.85. The SMILES string of the molecule is COc1cccc(-c2cc(-c3cccc4c3[nH]c3ccccc34)ncn2)c1. The van der Waals surface area contributed by atoms with Gasteiger partial charge in [-0.25, -0.2) is 9.97 Å². The summed E-state index contributed by atoms with van der Waals surface area (Å²) < 4.78 is 5.33. The molecule has 0 atom stereocenters. The lowest BCUT2D eigenvalue weighted by molar-refractivity contribution is 0.415. The number of aromatic nitrogens is 3. The molecule has 2 aromatic heterocycles. The first kappa shape index (κ1) is 15.6. The van der Waals surface area contributed by atoms with Gasteiger partial charge in [-0.15, -0.1) is 0 Å². The van der Waals surface area contributed by atoms with Gasteiger partial charge in [0.1, 0.15) is 12.1 Å². The molecule has 5 aromatic rings. The van der Waals surface area contributed by atoms with Gasteiger partial charge in [0.05, 0.1) is 24.0 Å². The molecular weight excluding hydrogens is 334 g/mol. The van der Waals surface area contributed by atoms with Crippen molar-refractivity contribution in [3.8, 4) is 28.3 Å². The molecule has 0 spiro atoms. The van der Waals surface area contributed by atoms with Gasteiger partial charge in [0.25, 0.3) is 0 Å². The third-order valence-corrected chi connectivity index (χ3v) is 4.85. The number of nitrogens with one attached hydrogen (secondary N) is 1. The van der Waals surface area contributed by atoms with Crippen LogP contribution in [0.15, 0.2) is 79.1 Å². The number of nitrogens with zero attached hydrogens (tertiary/aromatic N) is 2. The van der Waals surface area contributed by atoms with Gasteiger partial charge >= 0.3 is 0 Å². The van der Waals surface area contributed by atoms with Crippen LogP contribution in [0.5, 0.6) is 5.75 Å². The van der Waals surface area contributed by atoms with Gasteiger partial charge in [0, 0.05) is 27.4 Å². The number of aromatic amines is 1. The first-order chi connectivity index (χ1) is 13.3. The maximum atomic E-state index is 5.33. The Morgan fingerprint density at radius 2 is 1.59 bits per heavy atom. The highest BCUT2D eigenvalue weighted by Gasteiger charge is 2.11. The van der Waals surface area contributed by atoms with E-state index in [1.807, 2.05) is 36.4 Å². The summed E-state index contributed by atoms with van der Waals surface area (Å²) in [6.45, 7) is 0. The van der Waals surface area contributed by atoms with E-state index >= 15 is 0 Å². The van der Waals surface area contributed by atoms with Gasteiger partial charge in [-0.2, -0.15) is 0 Å². The summed E-state index contributed by atoms with van der Waals surface area (Å²) in [7, 11) is 1.67. The van der Waals surface area contributed by atoms with Gasteiger partial charge in [-0.3, -0.25) is 0 Å². The zero-order valence-electron chi connectivity index (χ0n) is 14.8. The summed E-state index contributed by atoms with van der Waals surface area (Å²) in [5.41, 5.74) is 6.04. The number of rotatable bonds is 3. The van der Waals surface area contributed by atoms with E-state index in [9.17, 15) is 0 Å². The Kier molecular flexibility index (Phi) is 3.61. The fourth-order valence-corrected chi connectivity index (χ4v) is 3.53. The maximum absolute atomic E-state index is 5.33. The van der Waals surface area contributed by atoms with Crippen molar-refractivity contribution in [1.29, 1.82) is 0 Å². The average Bonchev–Trinajstić information content (AvgIpc) is 3.13. The number of ether oxygens (including phenoxy) is 1. The smallest absolute Gasteiger partial charge is 0.119 e. The Hall–Kier alpha value is -3.66. The van der Waals surface area contributed by atoms with Gasteiger partial charge in [0.2, 0.25) is 0 Å². The fraction of sp³-hybridized carbons (Fsp3) is 0.0435. The molecule has 0 radical (unpaired) electrons. The molecule has 0 aliphatic rings. The molecule has 3 aromatic carbocycles. The third kappa shape index (κ3) is 2.62. The highest BCUT2D eigenvalue weighted by Crippen LogP contribution is 2.33. The molecule has 130 valence electrons. The van der Waals surface area contributed by atoms with E-state index in [1.165, 1.54) is 10.8 Å². The largest absolute Gasteiger partial charge is 0.497 e. The van der Waals surface area contributed by atoms with E-state index in [1.54, 1.807) is 13.4 Å². The lowest BCUT2D eigenvalue weighted by atomic mass is 10.0. The molecule has 0 aliphatic carbocycles. The number of H-pyrrole nitrogens is 1. The first-order valence-corrected chi connectivity index (χ1v) is 8.80. The van der Waals surface area contributed by atoms with Crippen LogP contribution in [0.2, 0.25) is 0 Å². The first-order valence-electron chi connectivity index (χ1n) is 8.80. The van der Waals surface area contributed by atoms with Crippen LogP contribution in [-0.4, -0.2) is 22.1 Å². The van der Waals surface area contributed by atoms with Gasteiger partial charge in [-0.05, 0) is 24.3 Å². The van der Waals surface area contributed by atoms with Gasteiger partial charge in [0.15, 0.2) is 0 Å². The van der Waals surface area contributed by atoms with Gasteiger partial charge in [-0.1, -0.05) is 48.5 Å². The van der Waals surface area contributed by atoms with Gasteiger partial charge < -0.3 is 9.72 Å². The van der Waals surface area contributed by atoms with Crippen LogP contribution in [0.25, 0.3) is 44.3 Å². The highest BCUT2D eigenvalue weighted by molar-refractivity contribution is 6.11. The van der Waals surface area contributed by atoms with Crippen LogP contribution in [0, 0.1) is 0 Å². The minimum Gasteiger partial charge on any atom is -0.497 e. The Morgan fingerprint density at radius 1 is 0.778 bits per heavy atom. The monoisotopic (exact) mass is 351 g/mol. The summed E-state index contributed by atoms with van der Waals surface area (Å²) in [5, 5.41) is 2.42. The van der Waals surface area contributed by atoms with E-state index in [-0.39, 0.29) is 0 Å². The van der Waals surface area contributed by atoms with E-state index < -0.39 is 0 Å². The molecule has 27 heavy (non-hydrogen) atoms. The molecule has 0 amide bonds. The van der Waals surface area contributed by atoms with Crippen molar-refractivity contribution in [2.24, 2.45) is 0 Å². The van der Waals surface area contributed by atoms with Crippen molar-refractivity contribution in [1.82, 2.24) is 15.0 Å². The Labute approximate surface area is 156 Å². The zero-order chi connectivity index (χ0) is 18.2. The second-order valence-corrected chi connectivity index (χ2v) is 6.42. The minimum absolute atomic E-state index is 0.811. The Bertz CT molecular complexity index is 1270. The molecule has 0 unspecified atom stereocenters. The topological polar surface area (TPSA) is 50.8 Å². The van der Waals surface area contributed by atoms with Crippen molar-refractivity contribution in [3.63, 3.8) is 0 Å². The number of hydrogen-bond acceptors (Lipinski definition) is 3. The van der Waals surface area contributed by atoms with Crippen molar-refractivity contribution < 1.29 is 4.74 Å². The van der Waals surface area contributed by atoms with Crippen LogP contribution in [0.3, 0.4) is 0 Å². The second kappa shape index (κ2) is 6.25. The summed E-state index contributed by atoms with van der Waals surface area (Å²) >= 11 is 0. The molecule has 0 bridgehead atoms. The predicted octanol–water partition coefficient (Wildman–Crippen LogP) is 5.45. The Balaban J connectivity index is 1.69. The van der Waals surface area contributed by atoms with Crippen molar-refractivity contribution >= 4 is 21.8 Å². The fourth-order valence-electron chi connectivity index (χ4n) is 3.53. The van der Waals surface area contributed by atoms with Crippen molar-refractivity contribution in [2.75, 3.05) is 7.11 Å². The van der Waals surface area contributed by atoms with E-state index in [2.05, 4.69) is 51.4 Å². The molecule has 2 heterocycles.